The van der Waals surface area contributed by atoms with E-state index in [2.05, 4.69) is 16.0 Å². The number of nitrogens with one attached hydrogen (secondary N) is 1. The van der Waals surface area contributed by atoms with E-state index in [4.69, 9.17) is 21.3 Å². The Morgan fingerprint density at radius 3 is 2.87 bits per heavy atom. The summed E-state index contributed by atoms with van der Waals surface area (Å²) in [6.45, 7) is 2.56. The molecule has 0 fully saturated rings. The van der Waals surface area contributed by atoms with Crippen LogP contribution in [0.5, 0.6) is 11.5 Å². The Balaban J connectivity index is 1.35. The van der Waals surface area contributed by atoms with Crippen molar-refractivity contribution in [3.8, 4) is 22.9 Å². The molecule has 0 unspecified atom stereocenters. The molecule has 30 heavy (non-hydrogen) atoms. The molecule has 1 aromatic heterocycles. The molecule has 0 spiro atoms. The van der Waals surface area contributed by atoms with E-state index >= 15 is 0 Å². The van der Waals surface area contributed by atoms with Gasteiger partial charge >= 0.3 is 0 Å². The Labute approximate surface area is 178 Å². The molecule has 0 saturated heterocycles. The maximum atomic E-state index is 12.7. The molecule has 3 aromatic rings. The molecule has 3 heterocycles. The monoisotopic (exact) mass is 421 g/mol. The number of H-pyrrole nitrogens is 1. The highest BCUT2D eigenvalue weighted by Crippen LogP contribution is 2.30. The van der Waals surface area contributed by atoms with E-state index in [1.807, 2.05) is 12.1 Å². The summed E-state index contributed by atoms with van der Waals surface area (Å²) in [6.07, 6.45) is 2.77. The predicted octanol–water partition coefficient (Wildman–Crippen LogP) is 3.63. The van der Waals surface area contributed by atoms with Gasteiger partial charge in [0, 0.05) is 42.2 Å². The summed E-state index contributed by atoms with van der Waals surface area (Å²) in [5, 5.41) is 10.4. The molecule has 0 radical (unpaired) electrons. The zero-order valence-electron chi connectivity index (χ0n) is 16.2. The van der Waals surface area contributed by atoms with Crippen LogP contribution >= 0.6 is 11.6 Å². The van der Waals surface area contributed by atoms with E-state index in [1.54, 1.807) is 30.3 Å². The first kappa shape index (κ1) is 18.9. The van der Waals surface area contributed by atoms with Crippen LogP contribution in [0.25, 0.3) is 17.5 Å². The second kappa shape index (κ2) is 7.63. The van der Waals surface area contributed by atoms with Gasteiger partial charge in [0.25, 0.3) is 5.56 Å². The minimum absolute atomic E-state index is 0.0983. The SMILES string of the molecule is O=c1[nH]c(-c2ccc(Cl)cc2)nc2c1CN(CC1=Cc3cc(O)ccc3OC1)CC2. The number of halogens is 1. The van der Waals surface area contributed by atoms with Crippen molar-refractivity contribution in [2.45, 2.75) is 13.0 Å². The summed E-state index contributed by atoms with van der Waals surface area (Å²) in [5.41, 5.74) is 4.30. The van der Waals surface area contributed by atoms with Crippen LogP contribution < -0.4 is 10.3 Å². The van der Waals surface area contributed by atoms with Crippen LogP contribution in [0.2, 0.25) is 5.02 Å². The van der Waals surface area contributed by atoms with E-state index in [1.165, 1.54) is 0 Å². The smallest absolute Gasteiger partial charge is 0.255 e. The first-order chi connectivity index (χ1) is 14.5. The van der Waals surface area contributed by atoms with Gasteiger partial charge in [-0.3, -0.25) is 9.69 Å². The molecule has 5 rings (SSSR count). The average Bonchev–Trinajstić information content (AvgIpc) is 2.74. The fraction of sp³-hybridized carbons (Fsp3) is 0.217. The fourth-order valence-electron chi connectivity index (χ4n) is 3.95. The molecule has 0 saturated carbocycles. The first-order valence-corrected chi connectivity index (χ1v) is 10.2. The number of rotatable bonds is 3. The van der Waals surface area contributed by atoms with E-state index in [0.29, 0.717) is 42.5 Å². The zero-order chi connectivity index (χ0) is 20.7. The van der Waals surface area contributed by atoms with Crippen molar-refractivity contribution >= 4 is 17.7 Å². The van der Waals surface area contributed by atoms with Crippen LogP contribution in [0.15, 0.2) is 52.8 Å². The predicted molar refractivity (Wildman–Crippen MR) is 116 cm³/mol. The van der Waals surface area contributed by atoms with Gasteiger partial charge in [-0.1, -0.05) is 11.6 Å². The maximum absolute atomic E-state index is 12.7. The summed E-state index contributed by atoms with van der Waals surface area (Å²) in [7, 11) is 0. The molecular weight excluding hydrogens is 402 g/mol. The first-order valence-electron chi connectivity index (χ1n) is 9.81. The lowest BCUT2D eigenvalue weighted by Gasteiger charge is -2.29. The van der Waals surface area contributed by atoms with Gasteiger partial charge in [0.2, 0.25) is 0 Å². The minimum Gasteiger partial charge on any atom is -0.508 e. The largest absolute Gasteiger partial charge is 0.508 e. The molecule has 2 aromatic carbocycles. The Bertz CT molecular complexity index is 1200. The Hall–Kier alpha value is -3.09. The second-order valence-corrected chi connectivity index (χ2v) is 8.06. The van der Waals surface area contributed by atoms with Crippen molar-refractivity contribution < 1.29 is 9.84 Å². The molecule has 7 heteroatoms. The number of aromatic nitrogens is 2. The van der Waals surface area contributed by atoms with Crippen molar-refractivity contribution in [3.05, 3.63) is 80.2 Å². The van der Waals surface area contributed by atoms with Gasteiger partial charge in [-0.2, -0.15) is 0 Å². The summed E-state index contributed by atoms with van der Waals surface area (Å²) >= 11 is 5.95. The van der Waals surface area contributed by atoms with E-state index in [9.17, 15) is 9.90 Å². The van der Waals surface area contributed by atoms with Gasteiger partial charge in [0.15, 0.2) is 0 Å². The van der Waals surface area contributed by atoms with Crippen molar-refractivity contribution in [3.63, 3.8) is 0 Å². The van der Waals surface area contributed by atoms with Gasteiger partial charge in [0.05, 0.1) is 11.3 Å². The molecule has 6 nitrogen and oxygen atoms in total. The Morgan fingerprint density at radius 2 is 2.03 bits per heavy atom. The third-order valence-corrected chi connectivity index (χ3v) is 5.71. The van der Waals surface area contributed by atoms with Gasteiger partial charge in [-0.15, -0.1) is 0 Å². The van der Waals surface area contributed by atoms with Crippen molar-refractivity contribution in [1.82, 2.24) is 14.9 Å². The molecule has 0 aliphatic carbocycles. The molecule has 2 N–H and O–H groups in total. The molecule has 2 aliphatic heterocycles. The van der Waals surface area contributed by atoms with Crippen molar-refractivity contribution in [1.29, 1.82) is 0 Å². The number of aromatic hydroxyl groups is 1. The molecule has 152 valence electrons. The lowest BCUT2D eigenvalue weighted by molar-refractivity contribution is 0.254. The van der Waals surface area contributed by atoms with Gasteiger partial charge in [-0.25, -0.2) is 4.98 Å². The highest BCUT2D eigenvalue weighted by Gasteiger charge is 2.23. The maximum Gasteiger partial charge on any atom is 0.255 e. The number of aromatic amines is 1. The number of phenolic OH excluding ortho intramolecular Hbond substituents is 1. The van der Waals surface area contributed by atoms with Crippen LogP contribution in [0, 0.1) is 0 Å². The van der Waals surface area contributed by atoms with Gasteiger partial charge < -0.3 is 14.8 Å². The topological polar surface area (TPSA) is 78.5 Å². The summed E-state index contributed by atoms with van der Waals surface area (Å²) < 4.78 is 5.80. The zero-order valence-corrected chi connectivity index (χ0v) is 16.9. The van der Waals surface area contributed by atoms with Gasteiger partial charge in [0.1, 0.15) is 23.9 Å². The second-order valence-electron chi connectivity index (χ2n) is 7.62. The summed E-state index contributed by atoms with van der Waals surface area (Å²) in [6, 6.07) is 12.4. The number of benzene rings is 2. The Kier molecular flexibility index (Phi) is 4.81. The quantitative estimate of drug-likeness (QED) is 0.675. The number of ether oxygens (including phenoxy) is 1. The summed E-state index contributed by atoms with van der Waals surface area (Å²) in [4.78, 5) is 22.6. The highest BCUT2D eigenvalue weighted by atomic mass is 35.5. The van der Waals surface area contributed by atoms with Crippen LogP contribution in [-0.4, -0.2) is 39.7 Å². The minimum atomic E-state index is -0.0983. The van der Waals surface area contributed by atoms with E-state index in [-0.39, 0.29) is 11.3 Å². The summed E-state index contributed by atoms with van der Waals surface area (Å²) in [5.74, 6) is 1.57. The number of nitrogens with zero attached hydrogens (tertiary/aromatic N) is 2. The third kappa shape index (κ3) is 3.72. The standard InChI is InChI=1S/C23H20ClN3O3/c24-17-3-1-15(2-4-17)22-25-20-7-8-27(12-19(20)23(29)26-22)11-14-9-16-10-18(28)5-6-21(16)30-13-14/h1-6,9-10,28H,7-8,11-13H2,(H,25,26,29). The fourth-order valence-corrected chi connectivity index (χ4v) is 4.08. The lowest BCUT2D eigenvalue weighted by Crippen LogP contribution is -2.37. The molecule has 0 amide bonds. The van der Waals surface area contributed by atoms with E-state index < -0.39 is 0 Å². The lowest BCUT2D eigenvalue weighted by atomic mass is 10.0. The Morgan fingerprint density at radius 1 is 1.20 bits per heavy atom. The molecular formula is C23H20ClN3O3. The number of fused-ring (bicyclic) bond motifs is 2. The van der Waals surface area contributed by atoms with Crippen molar-refractivity contribution in [2.75, 3.05) is 19.7 Å². The van der Waals surface area contributed by atoms with Crippen LogP contribution in [0.1, 0.15) is 16.8 Å². The van der Waals surface area contributed by atoms with Crippen LogP contribution in [-0.2, 0) is 13.0 Å². The molecule has 0 bridgehead atoms. The van der Waals surface area contributed by atoms with Crippen LogP contribution in [0.4, 0.5) is 0 Å². The van der Waals surface area contributed by atoms with Gasteiger partial charge in [-0.05, 0) is 54.1 Å². The average molecular weight is 422 g/mol. The van der Waals surface area contributed by atoms with Crippen LogP contribution in [0.3, 0.4) is 0 Å². The number of hydrogen-bond donors (Lipinski definition) is 2. The van der Waals surface area contributed by atoms with E-state index in [0.717, 1.165) is 34.7 Å². The van der Waals surface area contributed by atoms with Crippen molar-refractivity contribution in [2.24, 2.45) is 0 Å². The third-order valence-electron chi connectivity index (χ3n) is 5.46. The number of hydrogen-bond acceptors (Lipinski definition) is 5. The normalized spacial score (nSPS) is 15.7. The molecule has 2 aliphatic rings. The highest BCUT2D eigenvalue weighted by molar-refractivity contribution is 6.30. The molecule has 0 atom stereocenters. The number of phenols is 1.